The van der Waals surface area contributed by atoms with Crippen molar-refractivity contribution in [3.05, 3.63) is 76.7 Å². The lowest BCUT2D eigenvalue weighted by Crippen LogP contribution is -2.38. The summed E-state index contributed by atoms with van der Waals surface area (Å²) in [6.07, 6.45) is 4.79. The molecule has 3 aromatic rings. The SMILES string of the molecule is O=C(c1ccccn1)N1CCC(c2nc(-c3ccccn3)cc(=O)[nH]2)CC1. The number of amides is 1. The number of pyridine rings is 2. The number of piperidine rings is 1. The summed E-state index contributed by atoms with van der Waals surface area (Å²) < 4.78 is 0. The average Bonchev–Trinajstić information content (AvgIpc) is 2.74. The van der Waals surface area contributed by atoms with Gasteiger partial charge in [0.05, 0.1) is 11.4 Å². The molecular formula is C20H19N5O2. The van der Waals surface area contributed by atoms with Crippen LogP contribution in [0.25, 0.3) is 11.4 Å². The number of H-pyrrole nitrogens is 1. The predicted molar refractivity (Wildman–Crippen MR) is 100 cm³/mol. The van der Waals surface area contributed by atoms with Crippen LogP contribution in [0.5, 0.6) is 0 Å². The average molecular weight is 361 g/mol. The Morgan fingerprint density at radius 2 is 1.74 bits per heavy atom. The number of nitrogens with zero attached hydrogens (tertiary/aromatic N) is 4. The van der Waals surface area contributed by atoms with Gasteiger partial charge in [0.2, 0.25) is 0 Å². The highest BCUT2D eigenvalue weighted by molar-refractivity contribution is 5.92. The lowest BCUT2D eigenvalue weighted by atomic mass is 9.95. The Hall–Kier alpha value is -3.35. The first-order valence-corrected chi connectivity index (χ1v) is 8.94. The highest BCUT2D eigenvalue weighted by atomic mass is 16.2. The van der Waals surface area contributed by atoms with E-state index in [0.29, 0.717) is 36.0 Å². The number of aromatic nitrogens is 4. The number of likely N-dealkylation sites (tertiary alicyclic amines) is 1. The molecule has 1 aliphatic heterocycles. The molecule has 1 aliphatic rings. The third-order valence-corrected chi connectivity index (χ3v) is 4.74. The first kappa shape index (κ1) is 17.1. The minimum absolute atomic E-state index is 0.0576. The number of nitrogens with one attached hydrogen (secondary N) is 1. The van der Waals surface area contributed by atoms with Crippen LogP contribution in [0.1, 0.15) is 35.1 Å². The minimum Gasteiger partial charge on any atom is -0.337 e. The normalized spacial score (nSPS) is 14.9. The number of aromatic amines is 1. The molecule has 0 saturated carbocycles. The number of hydrogen-bond donors (Lipinski definition) is 1. The van der Waals surface area contributed by atoms with Crippen molar-refractivity contribution in [3.8, 4) is 11.4 Å². The molecule has 1 N–H and O–H groups in total. The zero-order valence-electron chi connectivity index (χ0n) is 14.7. The van der Waals surface area contributed by atoms with Crippen LogP contribution in [0.4, 0.5) is 0 Å². The van der Waals surface area contributed by atoms with E-state index in [1.807, 2.05) is 24.3 Å². The summed E-state index contributed by atoms with van der Waals surface area (Å²) in [5, 5.41) is 0. The molecule has 0 aromatic carbocycles. The lowest BCUT2D eigenvalue weighted by Gasteiger charge is -2.31. The molecule has 27 heavy (non-hydrogen) atoms. The van der Waals surface area contributed by atoms with Gasteiger partial charge in [-0.05, 0) is 37.1 Å². The van der Waals surface area contributed by atoms with E-state index < -0.39 is 0 Å². The van der Waals surface area contributed by atoms with Gasteiger partial charge in [-0.1, -0.05) is 12.1 Å². The molecule has 3 aromatic heterocycles. The maximum atomic E-state index is 12.5. The summed E-state index contributed by atoms with van der Waals surface area (Å²) in [6.45, 7) is 1.22. The second-order valence-corrected chi connectivity index (χ2v) is 6.51. The van der Waals surface area contributed by atoms with Crippen LogP contribution in [0.3, 0.4) is 0 Å². The molecule has 7 heteroatoms. The van der Waals surface area contributed by atoms with E-state index in [1.54, 1.807) is 29.4 Å². The summed E-state index contributed by atoms with van der Waals surface area (Å²) in [6, 6.07) is 12.3. The molecule has 0 unspecified atom stereocenters. The first-order valence-electron chi connectivity index (χ1n) is 8.94. The van der Waals surface area contributed by atoms with Gasteiger partial charge in [0.15, 0.2) is 0 Å². The summed E-state index contributed by atoms with van der Waals surface area (Å²) >= 11 is 0. The largest absolute Gasteiger partial charge is 0.337 e. The smallest absolute Gasteiger partial charge is 0.272 e. The van der Waals surface area contributed by atoms with Crippen LogP contribution >= 0.6 is 0 Å². The van der Waals surface area contributed by atoms with E-state index in [9.17, 15) is 9.59 Å². The van der Waals surface area contributed by atoms with Crippen molar-refractivity contribution in [2.45, 2.75) is 18.8 Å². The predicted octanol–water partition coefficient (Wildman–Crippen LogP) is 2.25. The number of carbonyl (C=O) groups is 1. The number of rotatable bonds is 3. The Morgan fingerprint density at radius 1 is 1.00 bits per heavy atom. The van der Waals surface area contributed by atoms with E-state index in [1.165, 1.54) is 6.07 Å². The standard InChI is InChI=1S/C20H19N5O2/c26-18-13-17(15-5-1-3-9-21-15)23-19(24-18)14-7-11-25(12-8-14)20(27)16-6-2-4-10-22-16/h1-6,9-10,13-14H,7-8,11-12H2,(H,23,24,26). The van der Waals surface area contributed by atoms with Crippen molar-refractivity contribution in [2.75, 3.05) is 13.1 Å². The highest BCUT2D eigenvalue weighted by Crippen LogP contribution is 2.26. The maximum Gasteiger partial charge on any atom is 0.272 e. The van der Waals surface area contributed by atoms with Crippen molar-refractivity contribution in [2.24, 2.45) is 0 Å². The van der Waals surface area contributed by atoms with E-state index in [0.717, 1.165) is 12.8 Å². The third-order valence-electron chi connectivity index (χ3n) is 4.74. The van der Waals surface area contributed by atoms with Gasteiger partial charge in [-0.2, -0.15) is 0 Å². The maximum absolute atomic E-state index is 12.5. The van der Waals surface area contributed by atoms with E-state index in [4.69, 9.17) is 0 Å². The zero-order chi connectivity index (χ0) is 18.6. The van der Waals surface area contributed by atoms with Crippen LogP contribution in [-0.2, 0) is 0 Å². The van der Waals surface area contributed by atoms with Gasteiger partial charge in [0.25, 0.3) is 11.5 Å². The van der Waals surface area contributed by atoms with E-state index in [-0.39, 0.29) is 17.4 Å². The summed E-state index contributed by atoms with van der Waals surface area (Å²) in [7, 11) is 0. The van der Waals surface area contributed by atoms with Crippen LogP contribution in [0.15, 0.2) is 59.7 Å². The Morgan fingerprint density at radius 3 is 2.41 bits per heavy atom. The van der Waals surface area contributed by atoms with Gasteiger partial charge in [0, 0.05) is 37.5 Å². The lowest BCUT2D eigenvalue weighted by molar-refractivity contribution is 0.0705. The molecule has 0 bridgehead atoms. The van der Waals surface area contributed by atoms with Gasteiger partial charge in [-0.15, -0.1) is 0 Å². The molecule has 7 nitrogen and oxygen atoms in total. The first-order chi connectivity index (χ1) is 13.2. The van der Waals surface area contributed by atoms with Gasteiger partial charge in [-0.25, -0.2) is 4.98 Å². The van der Waals surface area contributed by atoms with E-state index in [2.05, 4.69) is 19.9 Å². The molecule has 1 amide bonds. The molecule has 0 atom stereocenters. The van der Waals surface area contributed by atoms with Crippen molar-refractivity contribution in [1.82, 2.24) is 24.8 Å². The second-order valence-electron chi connectivity index (χ2n) is 6.51. The molecule has 136 valence electrons. The van der Waals surface area contributed by atoms with Crippen LogP contribution < -0.4 is 5.56 Å². The highest BCUT2D eigenvalue weighted by Gasteiger charge is 2.26. The Bertz CT molecular complexity index is 980. The fourth-order valence-corrected chi connectivity index (χ4v) is 3.32. The topological polar surface area (TPSA) is 91.8 Å². The van der Waals surface area contributed by atoms with Crippen LogP contribution in [-0.4, -0.2) is 43.8 Å². The molecular weight excluding hydrogens is 342 g/mol. The van der Waals surface area contributed by atoms with Crippen molar-refractivity contribution < 1.29 is 4.79 Å². The molecule has 4 rings (SSSR count). The summed E-state index contributed by atoms with van der Waals surface area (Å²) in [5.74, 6) is 0.708. The Balaban J connectivity index is 1.49. The molecule has 1 fully saturated rings. The minimum atomic E-state index is -0.187. The fourth-order valence-electron chi connectivity index (χ4n) is 3.32. The van der Waals surface area contributed by atoms with Crippen LogP contribution in [0, 0.1) is 0 Å². The molecule has 0 aliphatic carbocycles. The molecule has 4 heterocycles. The number of hydrogen-bond acceptors (Lipinski definition) is 5. The summed E-state index contributed by atoms with van der Waals surface area (Å²) in [5.41, 5.74) is 1.52. The molecule has 0 radical (unpaired) electrons. The van der Waals surface area contributed by atoms with Crippen molar-refractivity contribution in [3.63, 3.8) is 0 Å². The monoisotopic (exact) mass is 361 g/mol. The van der Waals surface area contributed by atoms with Crippen molar-refractivity contribution in [1.29, 1.82) is 0 Å². The second kappa shape index (κ2) is 7.49. The Kier molecular flexibility index (Phi) is 4.74. The number of carbonyl (C=O) groups excluding carboxylic acids is 1. The molecule has 0 spiro atoms. The Labute approximate surface area is 156 Å². The third kappa shape index (κ3) is 3.76. The van der Waals surface area contributed by atoms with Gasteiger partial charge in [0.1, 0.15) is 11.5 Å². The van der Waals surface area contributed by atoms with E-state index >= 15 is 0 Å². The van der Waals surface area contributed by atoms with Gasteiger partial charge in [-0.3, -0.25) is 19.6 Å². The van der Waals surface area contributed by atoms with Crippen molar-refractivity contribution >= 4 is 5.91 Å². The van der Waals surface area contributed by atoms with Gasteiger partial charge >= 0.3 is 0 Å². The zero-order valence-corrected chi connectivity index (χ0v) is 14.7. The quantitative estimate of drug-likeness (QED) is 0.772. The molecule has 1 saturated heterocycles. The van der Waals surface area contributed by atoms with Gasteiger partial charge < -0.3 is 9.88 Å². The summed E-state index contributed by atoms with van der Waals surface area (Å²) in [4.78, 5) is 42.3. The fraction of sp³-hybridized carbons (Fsp3) is 0.250. The van der Waals surface area contributed by atoms with Crippen LogP contribution in [0.2, 0.25) is 0 Å².